The first-order valence-corrected chi connectivity index (χ1v) is 47.8. The van der Waals surface area contributed by atoms with Gasteiger partial charge in [-0.05, 0) is 188 Å². The number of nitrogens with two attached hydrogens (primary N) is 5. The lowest BCUT2D eigenvalue weighted by atomic mass is 9.89. The zero-order valence-electron chi connectivity index (χ0n) is 79.1. The number of benzene rings is 5. The standard InChI is InChI=1S/C22H24N6O2.C21H29N5O2.2C20H25N5O3.C18H21N5O2/c1-15-14-27(10-11-28(15)21(30)12-16-6-4-5-9-24-16)19-13-18(25-26-22(19)23)17-7-2-3-8-20(17)29;1-15(25-10-12-28-13-11-25)16-6-8-26(9-7-16)19-14-18(23-24-21(19)22)17-4-2-3-5-20(17)27;2*1-13-12-24(8-9-25(13)20(27)18-7-4-10-28-18)16-11-15(22-23-19(16)21)14-5-2-3-6-17(14)26;1-11(24)23-12-6-7-13(23)10-22(9-12)16-8-15(20-21-18(16)19)14-4-2-3-5-17(14)25/h2-9,13,15,29H,10-12,14H2,1H3,(H2,23,26);2-5,14-16,27H,6-13H2,1H3,(H2,22,24);2*2-3,5-6,11,13,18,26H,4,7-10,12H2,1H3,(H2,21,23);2-5,8,12-13,25H,6-7,9-10H2,1H3,(H2,19,21)/t;;13-,18+;13-,18-;/m..10./s1. The van der Waals surface area contributed by atoms with Crippen LogP contribution in [0.3, 0.4) is 0 Å². The maximum Gasteiger partial charge on any atom is 0.252 e. The number of nitrogen functional groups attached to an aromatic ring is 5. The summed E-state index contributed by atoms with van der Waals surface area (Å²) >= 11 is 0. The number of pyridine rings is 1. The van der Waals surface area contributed by atoms with E-state index in [1.54, 1.807) is 98.0 Å². The molecule has 0 radical (unpaired) electrons. The maximum atomic E-state index is 12.8. The van der Waals surface area contributed by atoms with Crippen molar-refractivity contribution < 1.29 is 58.9 Å². The molecule has 38 heteroatoms. The van der Waals surface area contributed by atoms with Crippen LogP contribution in [0.15, 0.2) is 176 Å². The Labute approximate surface area is 807 Å². The lowest BCUT2D eigenvalue weighted by Gasteiger charge is -2.41. The average molecular weight is 1890 g/mol. The van der Waals surface area contributed by atoms with Crippen molar-refractivity contribution in [3.8, 4) is 85.0 Å². The number of aromatic nitrogens is 11. The molecule has 0 spiro atoms. The molecule has 8 atom stereocenters. The molecular weight excluding hydrogens is 1770 g/mol. The number of anilines is 10. The summed E-state index contributed by atoms with van der Waals surface area (Å²) in [5.74, 6) is 3.67. The van der Waals surface area contributed by atoms with Crippen molar-refractivity contribution in [2.45, 2.75) is 141 Å². The first kappa shape index (κ1) is 97.5. The number of phenolic OH excluding ortho intramolecular Hbond substituents is 5. The Morgan fingerprint density at radius 1 is 0.374 bits per heavy atom. The van der Waals surface area contributed by atoms with Gasteiger partial charge in [-0.2, -0.15) is 0 Å². The average Bonchev–Trinajstić information content (AvgIpc) is 1.54. The van der Waals surface area contributed by atoms with Crippen LogP contribution in [0.25, 0.3) is 56.3 Å². The van der Waals surface area contributed by atoms with Gasteiger partial charge in [0.2, 0.25) is 11.8 Å². The van der Waals surface area contributed by atoms with Crippen molar-refractivity contribution in [3.05, 3.63) is 182 Å². The Balaban J connectivity index is 0.000000126. The molecule has 15 heterocycles. The summed E-state index contributed by atoms with van der Waals surface area (Å²) in [5, 5.41) is 91.8. The molecule has 139 heavy (non-hydrogen) atoms. The Bertz CT molecular complexity index is 5930. The zero-order valence-corrected chi connectivity index (χ0v) is 79.1. The molecule has 9 fully saturated rings. The summed E-state index contributed by atoms with van der Waals surface area (Å²) in [5.41, 5.74) is 41.3. The van der Waals surface area contributed by atoms with Crippen molar-refractivity contribution >= 4 is 81.2 Å². The molecule has 9 aliphatic heterocycles. The van der Waals surface area contributed by atoms with Crippen LogP contribution in [-0.4, -0.2) is 303 Å². The highest BCUT2D eigenvalue weighted by molar-refractivity contribution is 5.85. The van der Waals surface area contributed by atoms with Crippen LogP contribution in [0.5, 0.6) is 28.7 Å². The van der Waals surface area contributed by atoms with Crippen LogP contribution >= 0.6 is 0 Å². The van der Waals surface area contributed by atoms with Crippen molar-refractivity contribution in [1.29, 1.82) is 0 Å². The van der Waals surface area contributed by atoms with Crippen molar-refractivity contribution in [2.75, 3.05) is 178 Å². The molecule has 9 saturated heterocycles. The molecule has 20 rings (SSSR count). The number of amides is 4. The predicted molar refractivity (Wildman–Crippen MR) is 532 cm³/mol. The summed E-state index contributed by atoms with van der Waals surface area (Å²) in [6, 6.07) is 51.3. The van der Waals surface area contributed by atoms with Gasteiger partial charge in [0.1, 0.15) is 41.0 Å². The number of piperidine rings is 1. The molecule has 6 aromatic heterocycles. The SMILES string of the molecule is CC(=O)N1C2CCC1CN(c1cc(-c3ccccc3O)nnc1N)C2.CC(C1CCN(c2cc(-c3ccccc3O)nnc2N)CC1)N1CCOCC1.CC1CN(c2cc(-c3ccccc3O)nnc2N)CCN1C(=O)Cc1ccccn1.C[C@@H]1CN(c2cc(-c3ccccc3O)nnc2N)CCN1C(=O)[C@@H]1CCCO1.C[C@H]1CN(c2cc(-c3ccccc3O)nnc2N)CCN1C(=O)[C@@H]1CCCO1. The maximum absolute atomic E-state index is 12.8. The van der Waals surface area contributed by atoms with E-state index in [1.807, 2.05) is 125 Å². The van der Waals surface area contributed by atoms with Crippen molar-refractivity contribution in [3.63, 3.8) is 0 Å². The number of nitrogens with zero attached hydrogens (tertiary/aromatic N) is 21. The van der Waals surface area contributed by atoms with E-state index in [4.69, 9.17) is 42.9 Å². The summed E-state index contributed by atoms with van der Waals surface area (Å²) in [6.07, 6.45) is 9.19. The van der Waals surface area contributed by atoms with Crippen molar-refractivity contribution in [1.82, 2.24) is 80.5 Å². The number of para-hydroxylation sites is 5. The number of piperazine rings is 4. The number of carbonyl (C=O) groups excluding carboxylic acids is 4. The van der Waals surface area contributed by atoms with Gasteiger partial charge in [-0.15, -0.1) is 51.0 Å². The van der Waals surface area contributed by atoms with Crippen LogP contribution in [0.4, 0.5) is 57.5 Å². The Hall–Kier alpha value is -14.6. The van der Waals surface area contributed by atoms with E-state index in [-0.39, 0.29) is 94.8 Å². The largest absolute Gasteiger partial charge is 0.507 e. The van der Waals surface area contributed by atoms with Gasteiger partial charge in [-0.1, -0.05) is 66.7 Å². The van der Waals surface area contributed by atoms with Gasteiger partial charge >= 0.3 is 0 Å². The van der Waals surface area contributed by atoms with Crippen LogP contribution < -0.4 is 53.2 Å². The minimum atomic E-state index is -0.297. The molecule has 730 valence electrons. The van der Waals surface area contributed by atoms with E-state index >= 15 is 0 Å². The normalized spacial score (nSPS) is 20.7. The Kier molecular flexibility index (Phi) is 31.3. The first-order valence-electron chi connectivity index (χ1n) is 47.8. The third-order valence-corrected chi connectivity index (χ3v) is 27.5. The minimum Gasteiger partial charge on any atom is -0.507 e. The second-order valence-electron chi connectivity index (χ2n) is 36.6. The summed E-state index contributed by atoms with van der Waals surface area (Å²) < 4.78 is 16.6. The highest BCUT2D eigenvalue weighted by atomic mass is 16.5. The molecule has 0 aliphatic carbocycles. The van der Waals surface area contributed by atoms with Gasteiger partial charge in [0.25, 0.3) is 11.8 Å². The topological polar surface area (TPSA) is 501 Å². The third kappa shape index (κ3) is 23.0. The Morgan fingerprint density at radius 3 is 1.02 bits per heavy atom. The van der Waals surface area contributed by atoms with E-state index in [0.717, 1.165) is 138 Å². The van der Waals surface area contributed by atoms with Crippen LogP contribution in [0.1, 0.15) is 91.7 Å². The number of phenols is 5. The summed E-state index contributed by atoms with van der Waals surface area (Å²) in [4.78, 5) is 75.4. The molecule has 9 aliphatic rings. The van der Waals surface area contributed by atoms with E-state index in [2.05, 4.69) is 92.3 Å². The quantitative estimate of drug-likeness (QED) is 0.0430. The fraction of sp³-hybridized carbons (Fsp3) is 0.416. The smallest absolute Gasteiger partial charge is 0.252 e. The van der Waals surface area contributed by atoms with Gasteiger partial charge in [0, 0.05) is 194 Å². The van der Waals surface area contributed by atoms with Crippen molar-refractivity contribution in [2.24, 2.45) is 5.92 Å². The van der Waals surface area contributed by atoms with Gasteiger partial charge in [0.05, 0.1) is 76.5 Å². The number of rotatable bonds is 16. The minimum absolute atomic E-state index is 0.0103. The number of aromatic hydroxyl groups is 5. The van der Waals surface area contributed by atoms with Crippen LogP contribution in [0, 0.1) is 5.92 Å². The molecule has 11 aromatic rings. The number of carbonyl (C=O) groups is 4. The van der Waals surface area contributed by atoms with Gasteiger partial charge in [0.15, 0.2) is 29.1 Å². The summed E-state index contributed by atoms with van der Waals surface area (Å²) in [6.45, 7) is 24.2. The molecule has 0 saturated carbocycles. The fourth-order valence-corrected chi connectivity index (χ4v) is 20.1. The molecule has 4 amide bonds. The van der Waals surface area contributed by atoms with E-state index in [9.17, 15) is 44.7 Å². The molecule has 4 unspecified atom stereocenters. The predicted octanol–water partition coefficient (Wildman–Crippen LogP) is 9.40. The molecule has 2 bridgehead atoms. The second-order valence-corrected chi connectivity index (χ2v) is 36.6. The van der Waals surface area contributed by atoms with Crippen LogP contribution in [0.2, 0.25) is 0 Å². The number of fused-ring (bicyclic) bond motifs is 2. The highest BCUT2D eigenvalue weighted by Crippen LogP contribution is 2.42. The highest BCUT2D eigenvalue weighted by Gasteiger charge is 2.43. The number of morpholine rings is 1. The molecule has 15 N–H and O–H groups in total. The van der Waals surface area contributed by atoms with Crippen LogP contribution in [-0.2, 0) is 39.8 Å². The van der Waals surface area contributed by atoms with E-state index in [1.165, 1.54) is 0 Å². The molecule has 38 nitrogen and oxygen atoms in total. The first-order chi connectivity index (χ1) is 67.3. The van der Waals surface area contributed by atoms with Gasteiger partial charge < -0.3 is 113 Å². The monoisotopic (exact) mass is 1890 g/mol. The Morgan fingerprint density at radius 2 is 0.705 bits per heavy atom. The zero-order chi connectivity index (χ0) is 97.5. The van der Waals surface area contributed by atoms with E-state index < -0.39 is 0 Å². The lowest BCUT2D eigenvalue weighted by molar-refractivity contribution is -0.144. The second kappa shape index (κ2) is 44.7. The lowest BCUT2D eigenvalue weighted by Crippen LogP contribution is -2.56. The number of hydrogen-bond donors (Lipinski definition) is 10. The fourth-order valence-electron chi connectivity index (χ4n) is 20.1. The van der Waals surface area contributed by atoms with Gasteiger partial charge in [-0.3, -0.25) is 29.1 Å². The van der Waals surface area contributed by atoms with Gasteiger partial charge in [-0.25, -0.2) is 0 Å². The number of ether oxygens (including phenoxy) is 3. The van der Waals surface area contributed by atoms with E-state index in [0.29, 0.717) is 176 Å². The summed E-state index contributed by atoms with van der Waals surface area (Å²) in [7, 11) is 0. The molecular formula is C101H124N26O12. The molecule has 5 aromatic carbocycles. The third-order valence-electron chi connectivity index (χ3n) is 27.5. The number of hydrogen-bond acceptors (Lipinski definition) is 34.